The number of rotatable bonds is 20. The molecule has 16 heteroatoms. The van der Waals surface area contributed by atoms with E-state index in [-0.39, 0.29) is 73.7 Å². The van der Waals surface area contributed by atoms with Crippen LogP contribution in [0.4, 0.5) is 0 Å². The Hall–Kier alpha value is -5.29. The summed E-state index contributed by atoms with van der Waals surface area (Å²) in [5, 5.41) is 30.9. The standard InChI is InChI=1S/C54H76N8O7S/c1-33(56-8)48(65)61-46(54(5,6)70-28-27-63)51(68)59-43(49(66)57-41-21-13-17-36-15-9-11-19-39(36)41)29-34-23-25-35(26-24-34)38-30-44(50(67)58-42-22-14-18-37-16-10-12-20-40(37)42)62(32-38)52(69)47(53(2,3)4)60-45(64)31-55-7/h9-12,15-16,19-20,23-26,33,38,41-44,46-47,55-56,63H,13-14,17-18,21-22,27-32H2,1-8H3,(H,57,66)(H,58,67)(H,59,68)(H,60,64)(H,61,65)/t33-,38?,41?,42?,43?,44-,46?,47?/m0/s1. The van der Waals surface area contributed by atoms with E-state index >= 15 is 0 Å². The molecule has 1 fully saturated rings. The first-order valence-corrected chi connectivity index (χ1v) is 26.0. The van der Waals surface area contributed by atoms with E-state index in [1.54, 1.807) is 25.9 Å². The van der Waals surface area contributed by atoms with Gasteiger partial charge in [0, 0.05) is 29.4 Å². The number of carbonyl (C=O) groups excluding carboxylic acids is 6. The Kier molecular flexibility index (Phi) is 18.7. The third-order valence-electron chi connectivity index (χ3n) is 14.2. The zero-order chi connectivity index (χ0) is 50.8. The Morgan fingerprint density at radius 2 is 1.34 bits per heavy atom. The van der Waals surface area contributed by atoms with Crippen LogP contribution in [0.2, 0.25) is 0 Å². The number of fused-ring (bicyclic) bond motifs is 2. The average Bonchev–Trinajstić information content (AvgIpc) is 3.79. The van der Waals surface area contributed by atoms with Gasteiger partial charge in [-0.2, -0.15) is 11.8 Å². The second-order valence-electron chi connectivity index (χ2n) is 20.8. The van der Waals surface area contributed by atoms with Gasteiger partial charge in [0.15, 0.2) is 0 Å². The van der Waals surface area contributed by atoms with Crippen molar-refractivity contribution in [2.24, 2.45) is 5.41 Å². The lowest BCUT2D eigenvalue weighted by Gasteiger charge is -2.36. The normalized spacial score (nSPS) is 20.7. The average molecular weight is 981 g/mol. The molecule has 0 aromatic heterocycles. The lowest BCUT2D eigenvalue weighted by atomic mass is 9.85. The predicted molar refractivity (Wildman–Crippen MR) is 275 cm³/mol. The fourth-order valence-electron chi connectivity index (χ4n) is 10.1. The van der Waals surface area contributed by atoms with E-state index < -0.39 is 46.3 Å². The topological polar surface area (TPSA) is 210 Å². The van der Waals surface area contributed by atoms with Gasteiger partial charge >= 0.3 is 0 Å². The quantitative estimate of drug-likeness (QED) is 0.0812. The van der Waals surface area contributed by atoms with Gasteiger partial charge in [-0.05, 0) is 119 Å². The molecule has 3 aliphatic rings. The maximum absolute atomic E-state index is 14.7. The van der Waals surface area contributed by atoms with E-state index in [1.165, 1.54) is 22.9 Å². The lowest BCUT2D eigenvalue weighted by Crippen LogP contribution is -2.62. The molecule has 380 valence electrons. The molecule has 1 aliphatic heterocycles. The van der Waals surface area contributed by atoms with E-state index in [0.29, 0.717) is 12.2 Å². The molecule has 1 heterocycles. The van der Waals surface area contributed by atoms with Crippen LogP contribution in [-0.4, -0.2) is 120 Å². The van der Waals surface area contributed by atoms with Gasteiger partial charge in [-0.3, -0.25) is 28.8 Å². The van der Waals surface area contributed by atoms with Crippen LogP contribution in [-0.2, 0) is 48.0 Å². The lowest BCUT2D eigenvalue weighted by molar-refractivity contribution is -0.144. The first-order valence-electron chi connectivity index (χ1n) is 25.0. The van der Waals surface area contributed by atoms with Gasteiger partial charge in [0.2, 0.25) is 35.4 Å². The predicted octanol–water partition coefficient (Wildman–Crippen LogP) is 4.13. The highest BCUT2D eigenvalue weighted by Gasteiger charge is 2.46. The number of aryl methyl sites for hydroxylation is 2. The molecule has 6 rings (SSSR count). The maximum Gasteiger partial charge on any atom is 0.246 e. The number of carbonyl (C=O) groups is 6. The summed E-state index contributed by atoms with van der Waals surface area (Å²) in [4.78, 5) is 86.1. The van der Waals surface area contributed by atoms with Crippen molar-refractivity contribution in [3.63, 3.8) is 0 Å². The monoisotopic (exact) mass is 981 g/mol. The molecule has 15 nitrogen and oxygen atoms in total. The van der Waals surface area contributed by atoms with Crippen molar-refractivity contribution in [3.05, 3.63) is 106 Å². The zero-order valence-corrected chi connectivity index (χ0v) is 43.1. The smallest absolute Gasteiger partial charge is 0.246 e. The summed E-state index contributed by atoms with van der Waals surface area (Å²) in [7, 11) is 3.33. The second kappa shape index (κ2) is 24.2. The molecule has 0 spiro atoms. The molecular weight excluding hydrogens is 905 g/mol. The minimum absolute atomic E-state index is 0.0371. The number of aliphatic hydroxyl groups is 1. The molecule has 1 saturated heterocycles. The van der Waals surface area contributed by atoms with Crippen LogP contribution in [0.15, 0.2) is 72.8 Å². The summed E-state index contributed by atoms with van der Waals surface area (Å²) in [5.41, 5.74) is 5.55. The van der Waals surface area contributed by atoms with Gasteiger partial charge in [-0.1, -0.05) is 93.6 Å². The van der Waals surface area contributed by atoms with Crippen molar-refractivity contribution in [2.75, 3.05) is 39.5 Å². The Balaban J connectivity index is 1.28. The molecule has 3 aromatic carbocycles. The summed E-state index contributed by atoms with van der Waals surface area (Å²) in [6.45, 7) is 11.2. The van der Waals surface area contributed by atoms with E-state index in [4.69, 9.17) is 0 Å². The second-order valence-corrected chi connectivity index (χ2v) is 22.5. The van der Waals surface area contributed by atoms with Crippen molar-refractivity contribution in [1.29, 1.82) is 0 Å². The van der Waals surface area contributed by atoms with Crippen LogP contribution in [0.3, 0.4) is 0 Å². The molecule has 0 saturated carbocycles. The van der Waals surface area contributed by atoms with Crippen LogP contribution >= 0.6 is 11.8 Å². The highest BCUT2D eigenvalue weighted by atomic mass is 32.2. The summed E-state index contributed by atoms with van der Waals surface area (Å²) in [6.07, 6.45) is 5.72. The molecule has 0 bridgehead atoms. The molecule has 6 unspecified atom stereocenters. The van der Waals surface area contributed by atoms with Gasteiger partial charge in [0.1, 0.15) is 24.2 Å². The Bertz CT molecular complexity index is 2320. The van der Waals surface area contributed by atoms with E-state index in [2.05, 4.69) is 55.4 Å². The fraction of sp³-hybridized carbons (Fsp3) is 0.556. The van der Waals surface area contributed by atoms with Gasteiger partial charge in [0.05, 0.1) is 31.3 Å². The third-order valence-corrected chi connectivity index (χ3v) is 15.5. The van der Waals surface area contributed by atoms with Crippen molar-refractivity contribution in [3.8, 4) is 0 Å². The fourth-order valence-corrected chi connectivity index (χ4v) is 11.0. The number of nitrogens with zero attached hydrogens (tertiary/aromatic N) is 1. The minimum Gasteiger partial charge on any atom is -0.396 e. The van der Waals surface area contributed by atoms with Gasteiger partial charge in [0.25, 0.3) is 0 Å². The van der Waals surface area contributed by atoms with Crippen LogP contribution in [0.1, 0.15) is 125 Å². The van der Waals surface area contributed by atoms with Crippen LogP contribution in [0.25, 0.3) is 0 Å². The van der Waals surface area contributed by atoms with Crippen LogP contribution in [0, 0.1) is 5.41 Å². The molecule has 3 aromatic rings. The van der Waals surface area contributed by atoms with Crippen molar-refractivity contribution in [1.82, 2.24) is 42.1 Å². The maximum atomic E-state index is 14.7. The summed E-state index contributed by atoms with van der Waals surface area (Å²) in [5.74, 6) is -2.03. The van der Waals surface area contributed by atoms with Gasteiger partial charge < -0.3 is 47.2 Å². The highest BCUT2D eigenvalue weighted by Crippen LogP contribution is 2.37. The molecule has 8 N–H and O–H groups in total. The molecule has 6 amide bonds. The van der Waals surface area contributed by atoms with Crippen molar-refractivity contribution < 1.29 is 33.9 Å². The molecule has 2 aliphatic carbocycles. The summed E-state index contributed by atoms with van der Waals surface area (Å²) in [6, 6.07) is 19.2. The number of thioether (sulfide) groups is 1. The highest BCUT2D eigenvalue weighted by molar-refractivity contribution is 8.00. The number of amides is 6. The number of likely N-dealkylation sites (tertiary alicyclic amines) is 1. The summed E-state index contributed by atoms with van der Waals surface area (Å²) >= 11 is 1.35. The van der Waals surface area contributed by atoms with E-state index in [0.717, 1.165) is 60.8 Å². The number of hydrogen-bond acceptors (Lipinski definition) is 10. The van der Waals surface area contributed by atoms with Crippen LogP contribution in [0.5, 0.6) is 0 Å². The number of hydrogen-bond donors (Lipinski definition) is 8. The summed E-state index contributed by atoms with van der Waals surface area (Å²) < 4.78 is -0.863. The first kappa shape index (κ1) is 54.1. The Morgan fingerprint density at radius 3 is 1.91 bits per heavy atom. The third kappa shape index (κ3) is 13.6. The Labute approximate surface area is 418 Å². The number of benzene rings is 3. The van der Waals surface area contributed by atoms with E-state index in [9.17, 15) is 33.9 Å². The molecule has 70 heavy (non-hydrogen) atoms. The SMILES string of the molecule is CNCC(=O)NC(C(=O)N1CC(c2ccc(CC(NC(=O)C(NC(=O)[C@H](C)NC)C(C)(C)SCCO)C(=O)NC3CCCc4ccccc43)cc2)C[C@H]1C(=O)NC1CCCc2ccccc21)C(C)(C)C. The van der Waals surface area contributed by atoms with E-state index in [1.807, 2.05) is 89.2 Å². The number of likely N-dealkylation sites (N-methyl/N-ethyl adjacent to an activating group) is 2. The van der Waals surface area contributed by atoms with Crippen molar-refractivity contribution >= 4 is 47.2 Å². The van der Waals surface area contributed by atoms with Crippen molar-refractivity contribution in [2.45, 2.75) is 146 Å². The molecule has 8 atom stereocenters. The molecule has 0 radical (unpaired) electrons. The number of nitrogens with one attached hydrogen (secondary N) is 7. The van der Waals surface area contributed by atoms with Gasteiger partial charge in [-0.15, -0.1) is 0 Å². The van der Waals surface area contributed by atoms with Crippen LogP contribution < -0.4 is 37.2 Å². The molecular formula is C54H76N8O7S. The zero-order valence-electron chi connectivity index (χ0n) is 42.3. The first-order chi connectivity index (χ1) is 33.3. The largest absolute Gasteiger partial charge is 0.396 e. The number of aliphatic hydroxyl groups excluding tert-OH is 1. The minimum atomic E-state index is -1.05. The van der Waals surface area contributed by atoms with Gasteiger partial charge in [-0.25, -0.2) is 0 Å². The Morgan fingerprint density at radius 1 is 0.743 bits per heavy atom.